The second-order valence-corrected chi connectivity index (χ2v) is 7.75. The van der Waals surface area contributed by atoms with Crippen LogP contribution >= 0.6 is 0 Å². The molecule has 2 saturated heterocycles. The molecule has 4 rings (SSSR count). The number of amides is 1. The molecule has 0 saturated carbocycles. The van der Waals surface area contributed by atoms with Gasteiger partial charge in [0, 0.05) is 36.9 Å². The lowest BCUT2D eigenvalue weighted by molar-refractivity contribution is -0.133. The lowest BCUT2D eigenvalue weighted by Gasteiger charge is -2.29. The Hall–Kier alpha value is -2.67. The van der Waals surface area contributed by atoms with Gasteiger partial charge in [0.15, 0.2) is 0 Å². The smallest absolute Gasteiger partial charge is 0.348 e. The molecule has 148 valence electrons. The fraction of sp³-hybridized carbons (Fsp3) is 0.476. The van der Waals surface area contributed by atoms with E-state index in [9.17, 15) is 9.59 Å². The Balaban J connectivity index is 1.63. The number of benzene rings is 1. The largest absolute Gasteiger partial charge is 0.497 e. The second-order valence-electron chi connectivity index (χ2n) is 7.75. The molecule has 0 bridgehead atoms. The molecule has 3 atom stereocenters. The number of carbonyl (C=O) groups is 1. The number of ether oxygens (including phenoxy) is 1. The van der Waals surface area contributed by atoms with E-state index >= 15 is 0 Å². The van der Waals surface area contributed by atoms with Gasteiger partial charge in [0.1, 0.15) is 12.3 Å². The van der Waals surface area contributed by atoms with E-state index in [1.807, 2.05) is 42.2 Å². The number of rotatable bonds is 4. The maximum absolute atomic E-state index is 13.2. The number of hydrogen-bond acceptors (Lipinski definition) is 5. The van der Waals surface area contributed by atoms with Crippen LogP contribution < -0.4 is 15.7 Å². The van der Waals surface area contributed by atoms with Gasteiger partial charge in [0.2, 0.25) is 5.91 Å². The van der Waals surface area contributed by atoms with E-state index in [1.165, 1.54) is 4.57 Å². The maximum atomic E-state index is 13.2. The standard InChI is InChI=1S/C21H26N4O3/c1-13-8-14(2)24(21(27)23-13)12-19(26)25-11-16-9-22-10-18(16)20(25)15-4-6-17(28-3)7-5-15/h4-8,16,18,20,22H,9-12H2,1-3H3/t16-,18-,20-/m0/s1. The third kappa shape index (κ3) is 3.30. The van der Waals surface area contributed by atoms with Crippen molar-refractivity contribution in [2.75, 3.05) is 26.7 Å². The summed E-state index contributed by atoms with van der Waals surface area (Å²) in [6, 6.07) is 9.79. The molecule has 1 N–H and O–H groups in total. The Morgan fingerprint density at radius 2 is 2.00 bits per heavy atom. The third-order valence-corrected chi connectivity index (χ3v) is 5.98. The Kier molecular flexibility index (Phi) is 4.93. The van der Waals surface area contributed by atoms with Gasteiger partial charge in [0.05, 0.1) is 13.2 Å². The summed E-state index contributed by atoms with van der Waals surface area (Å²) < 4.78 is 6.73. The van der Waals surface area contributed by atoms with Crippen LogP contribution in [0.25, 0.3) is 0 Å². The summed E-state index contributed by atoms with van der Waals surface area (Å²) in [5, 5.41) is 3.45. The van der Waals surface area contributed by atoms with E-state index in [0.29, 0.717) is 24.1 Å². The molecule has 0 spiro atoms. The molecule has 3 heterocycles. The third-order valence-electron chi connectivity index (χ3n) is 5.98. The normalized spacial score (nSPS) is 23.7. The van der Waals surface area contributed by atoms with Crippen molar-refractivity contribution in [1.29, 1.82) is 0 Å². The van der Waals surface area contributed by atoms with E-state index in [-0.39, 0.29) is 24.2 Å². The van der Waals surface area contributed by atoms with E-state index in [2.05, 4.69) is 10.3 Å². The molecule has 2 aromatic rings. The highest BCUT2D eigenvalue weighted by atomic mass is 16.5. The SMILES string of the molecule is COc1ccc([C@H]2[C@H]3CNC[C@H]3CN2C(=O)Cn2c(C)cc(C)nc2=O)cc1. The van der Waals surface area contributed by atoms with Gasteiger partial charge in [-0.05, 0) is 43.5 Å². The number of methoxy groups -OCH3 is 1. The van der Waals surface area contributed by atoms with Crippen LogP contribution in [0.5, 0.6) is 5.75 Å². The second kappa shape index (κ2) is 7.39. The van der Waals surface area contributed by atoms with Crippen LogP contribution in [0.3, 0.4) is 0 Å². The number of nitrogens with one attached hydrogen (secondary N) is 1. The maximum Gasteiger partial charge on any atom is 0.348 e. The number of likely N-dealkylation sites (tertiary alicyclic amines) is 1. The molecule has 0 radical (unpaired) electrons. The van der Waals surface area contributed by atoms with Crippen LogP contribution in [-0.4, -0.2) is 47.1 Å². The van der Waals surface area contributed by atoms with Gasteiger partial charge < -0.3 is 15.0 Å². The molecule has 2 aliphatic heterocycles. The molecule has 7 heteroatoms. The minimum absolute atomic E-state index is 0.00724. The summed E-state index contributed by atoms with van der Waals surface area (Å²) in [5.41, 5.74) is 2.17. The fourth-order valence-corrected chi connectivity index (χ4v) is 4.60. The molecule has 2 aliphatic rings. The van der Waals surface area contributed by atoms with Gasteiger partial charge >= 0.3 is 5.69 Å². The van der Waals surface area contributed by atoms with Gasteiger partial charge in [-0.15, -0.1) is 0 Å². The molecule has 0 unspecified atom stereocenters. The first-order chi connectivity index (χ1) is 13.5. The Morgan fingerprint density at radius 3 is 2.68 bits per heavy atom. The van der Waals surface area contributed by atoms with Gasteiger partial charge in [-0.25, -0.2) is 4.79 Å². The molecular formula is C21H26N4O3. The van der Waals surface area contributed by atoms with Crippen LogP contribution in [0.15, 0.2) is 35.1 Å². The molecule has 1 amide bonds. The van der Waals surface area contributed by atoms with Crippen molar-refractivity contribution in [2.45, 2.75) is 26.4 Å². The minimum Gasteiger partial charge on any atom is -0.497 e. The first kappa shape index (κ1) is 18.7. The zero-order valence-corrected chi connectivity index (χ0v) is 16.5. The number of fused-ring (bicyclic) bond motifs is 1. The van der Waals surface area contributed by atoms with E-state index in [4.69, 9.17) is 4.74 Å². The summed E-state index contributed by atoms with van der Waals surface area (Å²) in [6.07, 6.45) is 0. The monoisotopic (exact) mass is 382 g/mol. The summed E-state index contributed by atoms with van der Waals surface area (Å²) in [5.74, 6) is 1.58. The van der Waals surface area contributed by atoms with Crippen LogP contribution in [0.1, 0.15) is 23.0 Å². The number of carbonyl (C=O) groups excluding carboxylic acids is 1. The van der Waals surface area contributed by atoms with E-state index in [1.54, 1.807) is 14.0 Å². The quantitative estimate of drug-likeness (QED) is 0.862. The van der Waals surface area contributed by atoms with Crippen LogP contribution in [0, 0.1) is 25.7 Å². The molecule has 0 aliphatic carbocycles. The Morgan fingerprint density at radius 1 is 1.25 bits per heavy atom. The van der Waals surface area contributed by atoms with Crippen LogP contribution in [0.2, 0.25) is 0 Å². The van der Waals surface area contributed by atoms with E-state index in [0.717, 1.165) is 30.1 Å². The minimum atomic E-state index is -0.368. The highest BCUT2D eigenvalue weighted by molar-refractivity contribution is 5.77. The topological polar surface area (TPSA) is 76.5 Å². The fourth-order valence-electron chi connectivity index (χ4n) is 4.60. The van der Waals surface area contributed by atoms with Crippen molar-refractivity contribution in [3.05, 3.63) is 57.8 Å². The molecule has 28 heavy (non-hydrogen) atoms. The first-order valence-corrected chi connectivity index (χ1v) is 9.67. The Labute approximate surface area is 164 Å². The highest BCUT2D eigenvalue weighted by Crippen LogP contribution is 2.43. The van der Waals surface area contributed by atoms with Gasteiger partial charge in [-0.1, -0.05) is 12.1 Å². The van der Waals surface area contributed by atoms with Crippen LogP contribution in [0.4, 0.5) is 0 Å². The molecule has 7 nitrogen and oxygen atoms in total. The molecule has 1 aromatic carbocycles. The predicted octanol–water partition coefficient (Wildman–Crippen LogP) is 1.29. The lowest BCUT2D eigenvalue weighted by atomic mass is 9.89. The van der Waals surface area contributed by atoms with Crippen molar-refractivity contribution in [3.8, 4) is 5.75 Å². The number of aryl methyl sites for hydroxylation is 2. The zero-order valence-electron chi connectivity index (χ0n) is 16.5. The van der Waals surface area contributed by atoms with Gasteiger partial charge in [0.25, 0.3) is 0 Å². The molecular weight excluding hydrogens is 356 g/mol. The summed E-state index contributed by atoms with van der Waals surface area (Å²) in [7, 11) is 1.65. The van der Waals surface area contributed by atoms with Crippen molar-refractivity contribution in [1.82, 2.24) is 19.8 Å². The average Bonchev–Trinajstić information content (AvgIpc) is 3.25. The van der Waals surface area contributed by atoms with Gasteiger partial charge in [-0.2, -0.15) is 4.98 Å². The zero-order chi connectivity index (χ0) is 19.8. The summed E-state index contributed by atoms with van der Waals surface area (Å²) in [6.45, 7) is 6.18. The highest BCUT2D eigenvalue weighted by Gasteiger charge is 2.46. The number of nitrogens with zero attached hydrogens (tertiary/aromatic N) is 3. The first-order valence-electron chi connectivity index (χ1n) is 9.67. The predicted molar refractivity (Wildman–Crippen MR) is 105 cm³/mol. The van der Waals surface area contributed by atoms with Crippen molar-refractivity contribution < 1.29 is 9.53 Å². The number of aromatic nitrogens is 2. The van der Waals surface area contributed by atoms with Crippen LogP contribution in [-0.2, 0) is 11.3 Å². The average molecular weight is 382 g/mol. The summed E-state index contributed by atoms with van der Waals surface area (Å²) in [4.78, 5) is 31.5. The Bertz CT molecular complexity index is 938. The van der Waals surface area contributed by atoms with Crippen molar-refractivity contribution in [2.24, 2.45) is 11.8 Å². The van der Waals surface area contributed by atoms with Crippen molar-refractivity contribution in [3.63, 3.8) is 0 Å². The van der Waals surface area contributed by atoms with Crippen molar-refractivity contribution >= 4 is 5.91 Å². The van der Waals surface area contributed by atoms with Gasteiger partial charge in [-0.3, -0.25) is 9.36 Å². The summed E-state index contributed by atoms with van der Waals surface area (Å²) >= 11 is 0. The lowest BCUT2D eigenvalue weighted by Crippen LogP contribution is -2.39. The number of hydrogen-bond donors (Lipinski definition) is 1. The molecule has 1 aromatic heterocycles. The molecule has 2 fully saturated rings. The van der Waals surface area contributed by atoms with E-state index < -0.39 is 0 Å².